The third kappa shape index (κ3) is 4.63. The Morgan fingerprint density at radius 3 is 2.44 bits per heavy atom. The zero-order valence-electron chi connectivity index (χ0n) is 14.1. The van der Waals surface area contributed by atoms with Crippen molar-refractivity contribution in [1.29, 1.82) is 0 Å². The van der Waals surface area contributed by atoms with Gasteiger partial charge in [-0.25, -0.2) is 9.18 Å². The Hall–Kier alpha value is -1.82. The average Bonchev–Trinajstić information content (AvgIpc) is 3.12. The molecule has 7 heteroatoms. The molecule has 1 saturated heterocycles. The summed E-state index contributed by atoms with van der Waals surface area (Å²) in [6.07, 6.45) is 5.81. The molecule has 1 saturated carbocycles. The number of urea groups is 1. The van der Waals surface area contributed by atoms with E-state index in [1.54, 1.807) is 0 Å². The van der Waals surface area contributed by atoms with Crippen LogP contribution in [0.25, 0.3) is 0 Å². The molecule has 0 aromatic heterocycles. The minimum atomic E-state index is -0.449. The maximum atomic E-state index is 13.0. The Morgan fingerprint density at radius 1 is 1.12 bits per heavy atom. The van der Waals surface area contributed by atoms with Gasteiger partial charge in [0, 0.05) is 25.0 Å². The molecule has 0 unspecified atom stereocenters. The van der Waals surface area contributed by atoms with Gasteiger partial charge in [0.05, 0.1) is 10.7 Å². The first-order valence-electron chi connectivity index (χ1n) is 8.84. The van der Waals surface area contributed by atoms with Gasteiger partial charge in [0.25, 0.3) is 0 Å². The third-order valence-electron chi connectivity index (χ3n) is 5.03. The highest BCUT2D eigenvalue weighted by Gasteiger charge is 2.30. The number of carbonyl (C=O) groups excluding carboxylic acids is 2. The Balaban J connectivity index is 1.45. The highest BCUT2D eigenvalue weighted by molar-refractivity contribution is 6.33. The van der Waals surface area contributed by atoms with Gasteiger partial charge in [-0.3, -0.25) is 4.79 Å². The summed E-state index contributed by atoms with van der Waals surface area (Å²) in [5, 5.41) is 5.69. The zero-order chi connectivity index (χ0) is 17.8. The van der Waals surface area contributed by atoms with Gasteiger partial charge in [0.15, 0.2) is 0 Å². The van der Waals surface area contributed by atoms with E-state index < -0.39 is 5.82 Å². The molecule has 0 radical (unpaired) electrons. The number of nitrogens with zero attached hydrogens (tertiary/aromatic N) is 1. The fourth-order valence-electron chi connectivity index (χ4n) is 3.61. The molecule has 5 nitrogen and oxygen atoms in total. The second-order valence-corrected chi connectivity index (χ2v) is 7.21. The molecule has 0 spiro atoms. The monoisotopic (exact) mass is 367 g/mol. The van der Waals surface area contributed by atoms with Crippen LogP contribution >= 0.6 is 11.6 Å². The van der Waals surface area contributed by atoms with Crippen molar-refractivity contribution in [3.8, 4) is 0 Å². The quantitative estimate of drug-likeness (QED) is 0.854. The van der Waals surface area contributed by atoms with E-state index in [0.29, 0.717) is 18.8 Å². The molecule has 3 amide bonds. The van der Waals surface area contributed by atoms with Crippen molar-refractivity contribution in [2.45, 2.75) is 44.6 Å². The Bertz CT molecular complexity index is 641. The fraction of sp³-hybridized carbons (Fsp3) is 0.556. The van der Waals surface area contributed by atoms with E-state index in [2.05, 4.69) is 10.6 Å². The summed E-state index contributed by atoms with van der Waals surface area (Å²) in [6.45, 7) is 1.36. The first-order valence-corrected chi connectivity index (χ1v) is 9.22. The van der Waals surface area contributed by atoms with Crippen LogP contribution in [0.2, 0.25) is 5.02 Å². The number of nitrogens with one attached hydrogen (secondary N) is 2. The minimum absolute atomic E-state index is 0.0202. The molecule has 1 heterocycles. The number of piperidine rings is 1. The Morgan fingerprint density at radius 2 is 1.80 bits per heavy atom. The molecule has 2 N–H and O–H groups in total. The van der Waals surface area contributed by atoms with Gasteiger partial charge in [-0.15, -0.1) is 0 Å². The predicted octanol–water partition coefficient (Wildman–Crippen LogP) is 3.78. The second kappa shape index (κ2) is 8.04. The molecule has 1 aromatic carbocycles. The first-order chi connectivity index (χ1) is 12.0. The minimum Gasteiger partial charge on any atom is -0.342 e. The van der Waals surface area contributed by atoms with Crippen LogP contribution in [0.3, 0.4) is 0 Å². The van der Waals surface area contributed by atoms with Crippen LogP contribution in [0, 0.1) is 11.7 Å². The molecular formula is C18H23ClFN3O2. The van der Waals surface area contributed by atoms with Crippen LogP contribution in [0.15, 0.2) is 18.2 Å². The molecule has 2 fully saturated rings. The van der Waals surface area contributed by atoms with Crippen LogP contribution in [0.4, 0.5) is 14.9 Å². The lowest BCUT2D eigenvalue weighted by Gasteiger charge is -2.34. The van der Waals surface area contributed by atoms with E-state index in [0.717, 1.165) is 44.6 Å². The van der Waals surface area contributed by atoms with E-state index in [1.165, 1.54) is 12.1 Å². The van der Waals surface area contributed by atoms with Gasteiger partial charge in [-0.1, -0.05) is 24.4 Å². The third-order valence-corrected chi connectivity index (χ3v) is 5.34. The molecule has 1 aliphatic heterocycles. The van der Waals surface area contributed by atoms with Crippen LogP contribution in [-0.4, -0.2) is 36.0 Å². The summed E-state index contributed by atoms with van der Waals surface area (Å²) < 4.78 is 13.0. The highest BCUT2D eigenvalue weighted by Crippen LogP contribution is 2.27. The highest BCUT2D eigenvalue weighted by atomic mass is 35.5. The summed E-state index contributed by atoms with van der Waals surface area (Å²) in [5.41, 5.74) is 0.370. The van der Waals surface area contributed by atoms with Gasteiger partial charge in [-0.2, -0.15) is 0 Å². The van der Waals surface area contributed by atoms with E-state index in [-0.39, 0.29) is 28.9 Å². The SMILES string of the molecule is O=C(Nc1ccc(F)cc1Cl)NC1CCN(C(=O)C2CCCC2)CC1. The average molecular weight is 368 g/mol. The number of hydrogen-bond acceptors (Lipinski definition) is 2. The van der Waals surface area contributed by atoms with Crippen molar-refractivity contribution in [3.05, 3.63) is 29.0 Å². The van der Waals surface area contributed by atoms with Crippen molar-refractivity contribution in [3.63, 3.8) is 0 Å². The van der Waals surface area contributed by atoms with Crippen LogP contribution in [-0.2, 0) is 4.79 Å². The summed E-state index contributed by atoms with van der Waals surface area (Å²) in [4.78, 5) is 26.4. The second-order valence-electron chi connectivity index (χ2n) is 6.80. The maximum absolute atomic E-state index is 13.0. The number of hydrogen-bond donors (Lipinski definition) is 2. The Labute approximate surface area is 151 Å². The summed E-state index contributed by atoms with van der Waals surface area (Å²) in [6, 6.07) is 3.49. The van der Waals surface area contributed by atoms with Gasteiger partial charge < -0.3 is 15.5 Å². The maximum Gasteiger partial charge on any atom is 0.319 e. The van der Waals surface area contributed by atoms with Crippen molar-refractivity contribution in [1.82, 2.24) is 10.2 Å². The lowest BCUT2D eigenvalue weighted by atomic mass is 10.0. The largest absolute Gasteiger partial charge is 0.342 e. The number of carbonyl (C=O) groups is 2. The number of rotatable bonds is 3. The van der Waals surface area contributed by atoms with Crippen LogP contribution in [0.5, 0.6) is 0 Å². The smallest absolute Gasteiger partial charge is 0.319 e. The van der Waals surface area contributed by atoms with Crippen LogP contribution in [0.1, 0.15) is 38.5 Å². The predicted molar refractivity (Wildman–Crippen MR) is 95.1 cm³/mol. The van der Waals surface area contributed by atoms with E-state index in [9.17, 15) is 14.0 Å². The molecule has 3 rings (SSSR count). The van der Waals surface area contributed by atoms with Crippen LogP contribution < -0.4 is 10.6 Å². The molecule has 136 valence electrons. The Kier molecular flexibility index (Phi) is 5.78. The summed E-state index contributed by atoms with van der Waals surface area (Å²) in [7, 11) is 0. The number of halogens is 2. The molecule has 1 aromatic rings. The lowest BCUT2D eigenvalue weighted by molar-refractivity contribution is -0.136. The first kappa shape index (κ1) is 18.0. The van der Waals surface area contributed by atoms with Crippen molar-refractivity contribution >= 4 is 29.2 Å². The number of anilines is 1. The standard InChI is InChI=1S/C18H23ClFN3O2/c19-15-11-13(20)5-6-16(15)22-18(25)21-14-7-9-23(10-8-14)17(24)12-3-1-2-4-12/h5-6,11-12,14H,1-4,7-10H2,(H2,21,22,25). The fourth-order valence-corrected chi connectivity index (χ4v) is 3.82. The van der Waals surface area contributed by atoms with Crippen molar-refractivity contribution in [2.24, 2.45) is 5.92 Å². The number of likely N-dealkylation sites (tertiary alicyclic amines) is 1. The van der Waals surface area contributed by atoms with E-state index in [4.69, 9.17) is 11.6 Å². The summed E-state index contributed by atoms with van der Waals surface area (Å²) >= 11 is 5.91. The number of benzene rings is 1. The van der Waals surface area contributed by atoms with E-state index >= 15 is 0 Å². The van der Waals surface area contributed by atoms with Crippen molar-refractivity contribution < 1.29 is 14.0 Å². The van der Waals surface area contributed by atoms with Gasteiger partial charge >= 0.3 is 6.03 Å². The van der Waals surface area contributed by atoms with E-state index in [1.807, 2.05) is 4.90 Å². The molecule has 2 aliphatic rings. The van der Waals surface area contributed by atoms with Crippen molar-refractivity contribution in [2.75, 3.05) is 18.4 Å². The zero-order valence-corrected chi connectivity index (χ0v) is 14.8. The van der Waals surface area contributed by atoms with Gasteiger partial charge in [0.2, 0.25) is 5.91 Å². The summed E-state index contributed by atoms with van der Waals surface area (Å²) in [5.74, 6) is 0.0298. The topological polar surface area (TPSA) is 61.4 Å². The molecule has 1 aliphatic carbocycles. The normalized spacial score (nSPS) is 19.0. The molecular weight excluding hydrogens is 345 g/mol. The molecule has 25 heavy (non-hydrogen) atoms. The lowest BCUT2D eigenvalue weighted by Crippen LogP contribution is -2.48. The molecule has 0 atom stereocenters. The van der Waals surface area contributed by atoms with Gasteiger partial charge in [0.1, 0.15) is 5.82 Å². The number of amides is 3. The van der Waals surface area contributed by atoms with Gasteiger partial charge in [-0.05, 0) is 43.9 Å². The molecule has 0 bridgehead atoms.